The van der Waals surface area contributed by atoms with Crippen molar-refractivity contribution >= 4 is 11.8 Å². The highest BCUT2D eigenvalue weighted by atomic mass is 32.2. The van der Waals surface area contributed by atoms with E-state index < -0.39 is 0 Å². The third-order valence-corrected chi connectivity index (χ3v) is 6.83. The van der Waals surface area contributed by atoms with E-state index in [1.807, 2.05) is 0 Å². The van der Waals surface area contributed by atoms with Gasteiger partial charge in [0.1, 0.15) is 0 Å². The lowest BCUT2D eigenvalue weighted by Crippen LogP contribution is -2.64. The van der Waals surface area contributed by atoms with E-state index in [9.17, 15) is 0 Å². The maximum atomic E-state index is 6.23. The molecule has 1 atom stereocenters. The van der Waals surface area contributed by atoms with E-state index in [0.29, 0.717) is 5.41 Å². The van der Waals surface area contributed by atoms with Crippen LogP contribution in [-0.2, 0) is 0 Å². The van der Waals surface area contributed by atoms with Gasteiger partial charge < -0.3 is 5.73 Å². The molecule has 3 rings (SSSR count). The molecule has 110 valence electrons. The molecule has 2 N–H and O–H groups in total. The second-order valence-electron chi connectivity index (χ2n) is 7.52. The molecule has 3 fully saturated rings. The zero-order valence-electron chi connectivity index (χ0n) is 12.5. The van der Waals surface area contributed by atoms with Crippen LogP contribution in [0.2, 0.25) is 0 Å². The van der Waals surface area contributed by atoms with Gasteiger partial charge in [-0.1, -0.05) is 13.8 Å². The Hall–Kier alpha value is 0.230. The number of thioether (sulfide) groups is 1. The minimum atomic E-state index is 0.266. The van der Waals surface area contributed by atoms with Crippen LogP contribution in [0.3, 0.4) is 0 Å². The van der Waals surface area contributed by atoms with Crippen LogP contribution in [-0.4, -0.2) is 65.6 Å². The van der Waals surface area contributed by atoms with Crippen molar-refractivity contribution < 1.29 is 0 Å². The lowest BCUT2D eigenvalue weighted by atomic mass is 9.78. The molecule has 19 heavy (non-hydrogen) atoms. The maximum Gasteiger partial charge on any atom is 0.0428 e. The van der Waals surface area contributed by atoms with Crippen molar-refractivity contribution in [2.75, 3.05) is 44.2 Å². The van der Waals surface area contributed by atoms with Crippen LogP contribution in [0.15, 0.2) is 0 Å². The Morgan fingerprint density at radius 2 is 1.79 bits per heavy atom. The number of rotatable bonds is 3. The summed E-state index contributed by atoms with van der Waals surface area (Å²) < 4.78 is 0. The van der Waals surface area contributed by atoms with E-state index in [0.717, 1.165) is 12.6 Å². The van der Waals surface area contributed by atoms with Crippen molar-refractivity contribution in [3.8, 4) is 0 Å². The summed E-state index contributed by atoms with van der Waals surface area (Å²) in [7, 11) is 0. The summed E-state index contributed by atoms with van der Waals surface area (Å²) in [4.78, 5) is 5.42. The van der Waals surface area contributed by atoms with E-state index in [1.54, 1.807) is 0 Å². The first-order chi connectivity index (χ1) is 9.05. The Kier molecular flexibility index (Phi) is 3.89. The van der Waals surface area contributed by atoms with Gasteiger partial charge in [-0.3, -0.25) is 9.80 Å². The van der Waals surface area contributed by atoms with Crippen molar-refractivity contribution in [3.05, 3.63) is 0 Å². The van der Waals surface area contributed by atoms with Gasteiger partial charge >= 0.3 is 0 Å². The van der Waals surface area contributed by atoms with Crippen LogP contribution in [0, 0.1) is 5.41 Å². The summed E-state index contributed by atoms with van der Waals surface area (Å²) in [6.07, 6.45) is 4.14. The summed E-state index contributed by atoms with van der Waals surface area (Å²) in [6, 6.07) is 0.924. The van der Waals surface area contributed by atoms with Crippen LogP contribution in [0.25, 0.3) is 0 Å². The predicted molar refractivity (Wildman–Crippen MR) is 83.7 cm³/mol. The average Bonchev–Trinajstić information content (AvgIpc) is 3.22. The summed E-state index contributed by atoms with van der Waals surface area (Å²) in [5.41, 5.74) is 6.93. The topological polar surface area (TPSA) is 32.5 Å². The third kappa shape index (κ3) is 2.97. The summed E-state index contributed by atoms with van der Waals surface area (Å²) in [6.45, 7) is 10.6. The van der Waals surface area contributed by atoms with Crippen molar-refractivity contribution in [2.45, 2.75) is 44.7 Å². The molecule has 0 aromatic heterocycles. The molecule has 2 heterocycles. The molecule has 0 bridgehead atoms. The zero-order valence-corrected chi connectivity index (χ0v) is 13.3. The lowest BCUT2D eigenvalue weighted by Gasteiger charge is -2.53. The quantitative estimate of drug-likeness (QED) is 0.853. The van der Waals surface area contributed by atoms with E-state index in [-0.39, 0.29) is 5.54 Å². The molecule has 1 saturated carbocycles. The molecule has 1 unspecified atom stereocenters. The molecule has 0 radical (unpaired) electrons. The van der Waals surface area contributed by atoms with Gasteiger partial charge in [0.2, 0.25) is 0 Å². The second-order valence-corrected chi connectivity index (χ2v) is 8.50. The average molecular weight is 283 g/mol. The molecule has 2 saturated heterocycles. The highest BCUT2D eigenvalue weighted by molar-refractivity contribution is 7.99. The number of hydrogen-bond donors (Lipinski definition) is 1. The van der Waals surface area contributed by atoms with Crippen molar-refractivity contribution in [1.29, 1.82) is 0 Å². The summed E-state index contributed by atoms with van der Waals surface area (Å²) in [5.74, 6) is 2.52. The first-order valence-corrected chi connectivity index (χ1v) is 8.97. The van der Waals surface area contributed by atoms with E-state index >= 15 is 0 Å². The van der Waals surface area contributed by atoms with E-state index in [2.05, 4.69) is 35.4 Å². The van der Waals surface area contributed by atoms with E-state index in [4.69, 9.17) is 5.73 Å². The lowest BCUT2D eigenvalue weighted by molar-refractivity contribution is 0.0205. The monoisotopic (exact) mass is 283 g/mol. The maximum absolute atomic E-state index is 6.23. The first kappa shape index (κ1) is 14.2. The molecule has 3 nitrogen and oxygen atoms in total. The molecule has 2 aliphatic heterocycles. The molecule has 0 spiro atoms. The fraction of sp³-hybridized carbons (Fsp3) is 1.00. The van der Waals surface area contributed by atoms with Gasteiger partial charge in [0.25, 0.3) is 0 Å². The minimum Gasteiger partial charge on any atom is -0.329 e. The third-order valence-electron chi connectivity index (χ3n) is 5.10. The second kappa shape index (κ2) is 5.21. The normalized spacial score (nSPS) is 37.4. The van der Waals surface area contributed by atoms with Crippen LogP contribution in [0.5, 0.6) is 0 Å². The number of piperazine rings is 1. The summed E-state index contributed by atoms with van der Waals surface area (Å²) in [5, 5.41) is 0. The van der Waals surface area contributed by atoms with Gasteiger partial charge in [0, 0.05) is 50.1 Å². The molecule has 0 aromatic rings. The Morgan fingerprint density at radius 1 is 1.11 bits per heavy atom. The number of nitrogens with zero attached hydrogens (tertiary/aromatic N) is 2. The zero-order chi connectivity index (χ0) is 13.5. The SMILES string of the molecule is CC1(C)CSCC(CN)(N2CCN(C3CC3)CC2)C1. The molecule has 3 aliphatic rings. The molecular formula is C15H29N3S. The van der Waals surface area contributed by atoms with Crippen molar-refractivity contribution in [2.24, 2.45) is 11.1 Å². The molecular weight excluding hydrogens is 254 g/mol. The molecule has 4 heteroatoms. The predicted octanol–water partition coefficient (Wildman–Crippen LogP) is 1.63. The molecule has 0 amide bonds. The van der Waals surface area contributed by atoms with Gasteiger partial charge in [-0.15, -0.1) is 0 Å². The largest absolute Gasteiger partial charge is 0.329 e. The summed E-state index contributed by atoms with van der Waals surface area (Å²) >= 11 is 2.11. The Bertz CT molecular complexity index is 321. The highest BCUT2D eigenvalue weighted by Crippen LogP contribution is 2.42. The van der Waals surface area contributed by atoms with Crippen LogP contribution in [0.1, 0.15) is 33.1 Å². The van der Waals surface area contributed by atoms with Gasteiger partial charge in [0.15, 0.2) is 0 Å². The smallest absolute Gasteiger partial charge is 0.0428 e. The van der Waals surface area contributed by atoms with Crippen LogP contribution < -0.4 is 5.73 Å². The van der Waals surface area contributed by atoms with Crippen LogP contribution >= 0.6 is 11.8 Å². The Balaban J connectivity index is 1.65. The highest BCUT2D eigenvalue weighted by Gasteiger charge is 2.45. The number of hydrogen-bond acceptors (Lipinski definition) is 4. The van der Waals surface area contributed by atoms with Gasteiger partial charge in [0.05, 0.1) is 0 Å². The van der Waals surface area contributed by atoms with Crippen LogP contribution in [0.4, 0.5) is 0 Å². The van der Waals surface area contributed by atoms with Gasteiger partial charge in [-0.25, -0.2) is 0 Å². The number of nitrogens with two attached hydrogens (primary N) is 1. The van der Waals surface area contributed by atoms with Crippen molar-refractivity contribution in [3.63, 3.8) is 0 Å². The van der Waals surface area contributed by atoms with Gasteiger partial charge in [-0.05, 0) is 30.4 Å². The van der Waals surface area contributed by atoms with E-state index in [1.165, 1.54) is 56.9 Å². The first-order valence-electron chi connectivity index (χ1n) is 7.82. The van der Waals surface area contributed by atoms with Gasteiger partial charge in [-0.2, -0.15) is 11.8 Å². The Morgan fingerprint density at radius 3 is 2.32 bits per heavy atom. The Labute approximate surface area is 122 Å². The molecule has 1 aliphatic carbocycles. The fourth-order valence-electron chi connectivity index (χ4n) is 3.97. The molecule has 0 aromatic carbocycles. The van der Waals surface area contributed by atoms with Crippen molar-refractivity contribution in [1.82, 2.24) is 9.80 Å². The standard InChI is InChI=1S/C15H29N3S/c1-14(2)9-15(10-16,12-19-11-14)18-7-5-17(6-8-18)13-3-4-13/h13H,3-12,16H2,1-2H3. The minimum absolute atomic E-state index is 0.266. The fourth-order valence-corrected chi connectivity index (χ4v) is 5.51.